The smallest absolute Gasteiger partial charge is 0.0326 e. The highest BCUT2D eigenvalue weighted by molar-refractivity contribution is 4.90. The van der Waals surface area contributed by atoms with Gasteiger partial charge in [-0.2, -0.15) is 0 Å². The van der Waals surface area contributed by atoms with Crippen molar-refractivity contribution in [3.63, 3.8) is 0 Å². The molecule has 0 saturated carbocycles. The van der Waals surface area contributed by atoms with Crippen molar-refractivity contribution in [2.45, 2.75) is 85.1 Å². The van der Waals surface area contributed by atoms with Gasteiger partial charge < -0.3 is 5.73 Å². The minimum Gasteiger partial charge on any atom is -0.329 e. The van der Waals surface area contributed by atoms with Crippen LogP contribution in [0.4, 0.5) is 0 Å². The molecule has 2 N–H and O–H groups in total. The number of hydrogen-bond donors (Lipinski definition) is 1. The van der Waals surface area contributed by atoms with E-state index in [0.29, 0.717) is 0 Å². The normalized spacial score (nSPS) is 14.1. The molecule has 0 saturated heterocycles. The Bertz CT molecular complexity index is 191. The Hall–Kier alpha value is -0.0800. The van der Waals surface area contributed by atoms with Crippen LogP contribution in [0.2, 0.25) is 0 Å². The molecule has 2 nitrogen and oxygen atoms in total. The molecule has 19 heavy (non-hydrogen) atoms. The second kappa shape index (κ2) is 10.7. The Morgan fingerprint density at radius 3 is 2.00 bits per heavy atom. The highest BCUT2D eigenvalue weighted by Gasteiger charge is 2.32. The average molecular weight is 271 g/mol. The lowest BCUT2D eigenvalue weighted by molar-refractivity contribution is 0.0642. The maximum absolute atomic E-state index is 6.14. The van der Waals surface area contributed by atoms with Crippen molar-refractivity contribution >= 4 is 0 Å². The third-order valence-electron chi connectivity index (χ3n) is 4.88. The van der Waals surface area contributed by atoms with E-state index in [2.05, 4.69) is 39.5 Å². The summed E-state index contributed by atoms with van der Waals surface area (Å²) in [5.41, 5.74) is 6.37. The highest BCUT2D eigenvalue weighted by Crippen LogP contribution is 2.26. The minimum absolute atomic E-state index is 0.232. The first-order valence-corrected chi connectivity index (χ1v) is 8.59. The van der Waals surface area contributed by atoms with Crippen LogP contribution in [0, 0.1) is 5.92 Å². The molecule has 0 radical (unpaired) electrons. The standard InChI is InChI=1S/C17H38N2/c1-6-11-12-16(8-3)14-19(13-7-2)17(9-4,10-5)15-18/h16H,6-15,18H2,1-5H3. The molecule has 116 valence electrons. The van der Waals surface area contributed by atoms with Gasteiger partial charge in [-0.05, 0) is 38.1 Å². The molecule has 0 amide bonds. The molecule has 2 heteroatoms. The summed E-state index contributed by atoms with van der Waals surface area (Å²) >= 11 is 0. The molecule has 0 heterocycles. The topological polar surface area (TPSA) is 29.3 Å². The van der Waals surface area contributed by atoms with Crippen molar-refractivity contribution in [3.05, 3.63) is 0 Å². The molecule has 0 aromatic rings. The fourth-order valence-electron chi connectivity index (χ4n) is 3.14. The van der Waals surface area contributed by atoms with Crippen LogP contribution in [0.5, 0.6) is 0 Å². The van der Waals surface area contributed by atoms with Gasteiger partial charge in [0.25, 0.3) is 0 Å². The van der Waals surface area contributed by atoms with Crippen LogP contribution >= 0.6 is 0 Å². The van der Waals surface area contributed by atoms with E-state index in [1.54, 1.807) is 0 Å². The van der Waals surface area contributed by atoms with Crippen molar-refractivity contribution in [2.75, 3.05) is 19.6 Å². The number of nitrogens with zero attached hydrogens (tertiary/aromatic N) is 1. The summed E-state index contributed by atoms with van der Waals surface area (Å²) in [6.07, 6.45) is 8.93. The molecule has 1 unspecified atom stereocenters. The van der Waals surface area contributed by atoms with E-state index >= 15 is 0 Å². The van der Waals surface area contributed by atoms with Crippen molar-refractivity contribution in [1.29, 1.82) is 0 Å². The molecular formula is C17H38N2. The van der Waals surface area contributed by atoms with Crippen LogP contribution in [0.1, 0.15) is 79.6 Å². The molecule has 0 aromatic heterocycles. The van der Waals surface area contributed by atoms with Gasteiger partial charge in [-0.15, -0.1) is 0 Å². The molecule has 0 aromatic carbocycles. The lowest BCUT2D eigenvalue weighted by Gasteiger charge is -2.44. The number of unbranched alkanes of at least 4 members (excludes halogenated alkanes) is 1. The van der Waals surface area contributed by atoms with Gasteiger partial charge in [-0.1, -0.05) is 53.9 Å². The van der Waals surface area contributed by atoms with E-state index in [1.807, 2.05) is 0 Å². The van der Waals surface area contributed by atoms with Gasteiger partial charge in [0.15, 0.2) is 0 Å². The molecule has 0 fully saturated rings. The molecular weight excluding hydrogens is 232 g/mol. The molecule has 0 aliphatic heterocycles. The summed E-state index contributed by atoms with van der Waals surface area (Å²) in [6, 6.07) is 0. The molecule has 0 aliphatic rings. The summed E-state index contributed by atoms with van der Waals surface area (Å²) < 4.78 is 0. The summed E-state index contributed by atoms with van der Waals surface area (Å²) in [6.45, 7) is 14.7. The zero-order chi connectivity index (χ0) is 14.7. The van der Waals surface area contributed by atoms with Gasteiger partial charge in [-0.25, -0.2) is 0 Å². The van der Waals surface area contributed by atoms with Crippen LogP contribution in [0.25, 0.3) is 0 Å². The van der Waals surface area contributed by atoms with Crippen molar-refractivity contribution < 1.29 is 0 Å². The maximum Gasteiger partial charge on any atom is 0.0326 e. The lowest BCUT2D eigenvalue weighted by atomic mass is 9.88. The first-order valence-electron chi connectivity index (χ1n) is 8.59. The molecule has 0 bridgehead atoms. The zero-order valence-corrected chi connectivity index (χ0v) is 14.2. The van der Waals surface area contributed by atoms with E-state index in [1.165, 1.54) is 58.0 Å². The summed E-state index contributed by atoms with van der Waals surface area (Å²) in [4.78, 5) is 2.71. The number of hydrogen-bond acceptors (Lipinski definition) is 2. The number of rotatable bonds is 12. The van der Waals surface area contributed by atoms with Gasteiger partial charge >= 0.3 is 0 Å². The Balaban J connectivity index is 4.76. The second-order valence-corrected chi connectivity index (χ2v) is 6.00. The fourth-order valence-corrected chi connectivity index (χ4v) is 3.14. The van der Waals surface area contributed by atoms with Gasteiger partial charge in [-0.3, -0.25) is 4.90 Å². The predicted octanol–water partition coefficient (Wildman–Crippen LogP) is 4.43. The monoisotopic (exact) mass is 270 g/mol. The third-order valence-corrected chi connectivity index (χ3v) is 4.88. The Morgan fingerprint density at radius 2 is 1.63 bits per heavy atom. The average Bonchev–Trinajstić information content (AvgIpc) is 2.45. The largest absolute Gasteiger partial charge is 0.329 e. The Kier molecular flexibility index (Phi) is 10.6. The first kappa shape index (κ1) is 18.9. The predicted molar refractivity (Wildman–Crippen MR) is 87.5 cm³/mol. The van der Waals surface area contributed by atoms with Crippen LogP contribution in [-0.2, 0) is 0 Å². The zero-order valence-electron chi connectivity index (χ0n) is 14.2. The van der Waals surface area contributed by atoms with E-state index < -0.39 is 0 Å². The summed E-state index contributed by atoms with van der Waals surface area (Å²) in [5.74, 6) is 0.843. The quantitative estimate of drug-likeness (QED) is 0.568. The van der Waals surface area contributed by atoms with Crippen LogP contribution in [-0.4, -0.2) is 30.1 Å². The SMILES string of the molecule is CCCCC(CC)CN(CCC)C(CC)(CC)CN. The van der Waals surface area contributed by atoms with Crippen LogP contribution in [0.3, 0.4) is 0 Å². The Labute approximate surface area is 122 Å². The molecule has 1 atom stereocenters. The van der Waals surface area contributed by atoms with Gasteiger partial charge in [0.1, 0.15) is 0 Å². The first-order chi connectivity index (χ1) is 9.13. The van der Waals surface area contributed by atoms with Gasteiger partial charge in [0.05, 0.1) is 0 Å². The maximum atomic E-state index is 6.14. The second-order valence-electron chi connectivity index (χ2n) is 6.00. The van der Waals surface area contributed by atoms with E-state index in [-0.39, 0.29) is 5.54 Å². The number of nitrogens with two attached hydrogens (primary N) is 1. The van der Waals surface area contributed by atoms with Crippen molar-refractivity contribution in [2.24, 2.45) is 11.7 Å². The van der Waals surface area contributed by atoms with E-state index in [9.17, 15) is 0 Å². The van der Waals surface area contributed by atoms with Crippen molar-refractivity contribution in [3.8, 4) is 0 Å². The van der Waals surface area contributed by atoms with E-state index in [4.69, 9.17) is 5.73 Å². The molecule has 0 aliphatic carbocycles. The fraction of sp³-hybridized carbons (Fsp3) is 1.00. The molecule has 0 spiro atoms. The van der Waals surface area contributed by atoms with Crippen LogP contribution in [0.15, 0.2) is 0 Å². The highest BCUT2D eigenvalue weighted by atomic mass is 15.2. The van der Waals surface area contributed by atoms with Gasteiger partial charge in [0.2, 0.25) is 0 Å². The van der Waals surface area contributed by atoms with Crippen LogP contribution < -0.4 is 5.73 Å². The Morgan fingerprint density at radius 1 is 1.00 bits per heavy atom. The summed E-state index contributed by atoms with van der Waals surface area (Å²) in [7, 11) is 0. The summed E-state index contributed by atoms with van der Waals surface area (Å²) in [5, 5.41) is 0. The third kappa shape index (κ3) is 5.83. The van der Waals surface area contributed by atoms with Crippen molar-refractivity contribution in [1.82, 2.24) is 4.90 Å². The minimum atomic E-state index is 0.232. The lowest BCUT2D eigenvalue weighted by Crippen LogP contribution is -2.54. The van der Waals surface area contributed by atoms with E-state index in [0.717, 1.165) is 12.5 Å². The van der Waals surface area contributed by atoms with Gasteiger partial charge in [0, 0.05) is 18.6 Å². The molecule has 0 rings (SSSR count).